The zero-order valence-corrected chi connectivity index (χ0v) is 13.6. The van der Waals surface area contributed by atoms with Crippen LogP contribution in [0.2, 0.25) is 0 Å². The Kier molecular flexibility index (Phi) is 6.42. The number of nitrogens with two attached hydrogens (primary N) is 1. The zero-order valence-electron chi connectivity index (χ0n) is 12.8. The third kappa shape index (κ3) is 4.95. The first-order valence-corrected chi connectivity index (χ1v) is 8.08. The smallest absolute Gasteiger partial charge is 0.129 e. The van der Waals surface area contributed by atoms with Crippen molar-refractivity contribution in [2.24, 2.45) is 5.73 Å². The van der Waals surface area contributed by atoms with E-state index in [1.54, 1.807) is 0 Å². The van der Waals surface area contributed by atoms with E-state index in [0.717, 1.165) is 43.9 Å². The predicted molar refractivity (Wildman–Crippen MR) is 91.0 cm³/mol. The van der Waals surface area contributed by atoms with Crippen molar-refractivity contribution in [3.63, 3.8) is 0 Å². The molecule has 1 aromatic rings. The fourth-order valence-electron chi connectivity index (χ4n) is 2.60. The van der Waals surface area contributed by atoms with Gasteiger partial charge in [-0.1, -0.05) is 31.3 Å². The van der Waals surface area contributed by atoms with E-state index in [-0.39, 0.29) is 0 Å². The standard InChI is InChI=1S/C16H25N3OS/c1-2-18-9-11-19(12-10-18)8-5-13-20-15-7-4-3-6-14(15)16(17)21/h3-4,6-7H,2,5,8-13H2,1H3,(H2,17,21). The summed E-state index contributed by atoms with van der Waals surface area (Å²) in [4.78, 5) is 5.39. The molecule has 2 N–H and O–H groups in total. The van der Waals surface area contributed by atoms with Crippen molar-refractivity contribution in [2.45, 2.75) is 13.3 Å². The molecule has 0 atom stereocenters. The average molecular weight is 307 g/mol. The number of piperazine rings is 1. The molecule has 1 aliphatic heterocycles. The van der Waals surface area contributed by atoms with Crippen LogP contribution in [0.5, 0.6) is 5.75 Å². The number of likely N-dealkylation sites (N-methyl/N-ethyl adjacent to an activating group) is 1. The lowest BCUT2D eigenvalue weighted by Gasteiger charge is -2.33. The molecule has 0 amide bonds. The van der Waals surface area contributed by atoms with E-state index in [1.807, 2.05) is 24.3 Å². The van der Waals surface area contributed by atoms with Crippen LogP contribution in [0, 0.1) is 0 Å². The minimum absolute atomic E-state index is 0.390. The molecule has 1 heterocycles. The van der Waals surface area contributed by atoms with E-state index in [4.69, 9.17) is 22.7 Å². The molecule has 116 valence electrons. The molecule has 0 bridgehead atoms. The minimum atomic E-state index is 0.390. The lowest BCUT2D eigenvalue weighted by molar-refractivity contribution is 0.130. The molecule has 1 aromatic carbocycles. The summed E-state index contributed by atoms with van der Waals surface area (Å²) >= 11 is 5.04. The lowest BCUT2D eigenvalue weighted by Crippen LogP contribution is -2.46. The summed E-state index contributed by atoms with van der Waals surface area (Å²) in [5.74, 6) is 0.792. The van der Waals surface area contributed by atoms with Gasteiger partial charge in [0, 0.05) is 32.7 Å². The molecule has 0 spiro atoms. The molecule has 1 aliphatic rings. The van der Waals surface area contributed by atoms with E-state index in [9.17, 15) is 0 Å². The topological polar surface area (TPSA) is 41.7 Å². The second kappa shape index (κ2) is 8.32. The SMILES string of the molecule is CCN1CCN(CCCOc2ccccc2C(N)=S)CC1. The second-order valence-corrected chi connectivity index (χ2v) is 5.78. The molecule has 1 fully saturated rings. The van der Waals surface area contributed by atoms with Crippen LogP contribution < -0.4 is 10.5 Å². The Balaban J connectivity index is 1.70. The molecule has 0 saturated carbocycles. The van der Waals surface area contributed by atoms with E-state index >= 15 is 0 Å². The van der Waals surface area contributed by atoms with E-state index < -0.39 is 0 Å². The molecule has 0 aliphatic carbocycles. The fourth-order valence-corrected chi connectivity index (χ4v) is 2.76. The van der Waals surface area contributed by atoms with Crippen molar-refractivity contribution in [2.75, 3.05) is 45.9 Å². The Morgan fingerprint density at radius 2 is 1.86 bits per heavy atom. The van der Waals surface area contributed by atoms with Crippen LogP contribution in [0.1, 0.15) is 18.9 Å². The number of para-hydroxylation sites is 1. The Morgan fingerprint density at radius 3 is 2.52 bits per heavy atom. The Morgan fingerprint density at radius 1 is 1.19 bits per heavy atom. The van der Waals surface area contributed by atoms with Crippen LogP contribution in [-0.2, 0) is 0 Å². The van der Waals surface area contributed by atoms with Gasteiger partial charge in [-0.2, -0.15) is 0 Å². The summed E-state index contributed by atoms with van der Waals surface area (Å²) < 4.78 is 5.83. The largest absolute Gasteiger partial charge is 0.493 e. The summed E-state index contributed by atoms with van der Waals surface area (Å²) in [6.07, 6.45) is 1.03. The number of nitrogens with zero attached hydrogens (tertiary/aromatic N) is 2. The monoisotopic (exact) mass is 307 g/mol. The number of hydrogen-bond acceptors (Lipinski definition) is 4. The maximum absolute atomic E-state index is 5.83. The van der Waals surface area contributed by atoms with Crippen LogP contribution in [-0.4, -0.2) is 60.7 Å². The van der Waals surface area contributed by atoms with Gasteiger partial charge < -0.3 is 20.3 Å². The van der Waals surface area contributed by atoms with Gasteiger partial charge in [0.05, 0.1) is 12.2 Å². The minimum Gasteiger partial charge on any atom is -0.493 e. The predicted octanol–water partition coefficient (Wildman–Crippen LogP) is 1.73. The summed E-state index contributed by atoms with van der Waals surface area (Å²) in [6.45, 7) is 9.87. The van der Waals surface area contributed by atoms with Crippen LogP contribution in [0.15, 0.2) is 24.3 Å². The third-order valence-corrected chi connectivity index (χ3v) is 4.16. The highest BCUT2D eigenvalue weighted by Gasteiger charge is 2.14. The summed E-state index contributed by atoms with van der Waals surface area (Å²) in [6, 6.07) is 7.70. The molecular weight excluding hydrogens is 282 g/mol. The molecule has 0 aromatic heterocycles. The molecule has 21 heavy (non-hydrogen) atoms. The van der Waals surface area contributed by atoms with Gasteiger partial charge in [-0.3, -0.25) is 0 Å². The van der Waals surface area contributed by atoms with Crippen LogP contribution in [0.3, 0.4) is 0 Å². The Labute approximate surface area is 132 Å². The summed E-state index contributed by atoms with van der Waals surface area (Å²) in [5, 5.41) is 0. The lowest BCUT2D eigenvalue weighted by atomic mass is 10.2. The van der Waals surface area contributed by atoms with Gasteiger partial charge in [0.1, 0.15) is 10.7 Å². The quantitative estimate of drug-likeness (QED) is 0.614. The average Bonchev–Trinajstić information content (AvgIpc) is 2.52. The highest BCUT2D eigenvalue weighted by Crippen LogP contribution is 2.17. The first kappa shape index (κ1) is 16.2. The molecule has 4 nitrogen and oxygen atoms in total. The third-order valence-electron chi connectivity index (χ3n) is 3.94. The van der Waals surface area contributed by atoms with E-state index in [1.165, 1.54) is 13.1 Å². The summed E-state index contributed by atoms with van der Waals surface area (Å²) in [5.41, 5.74) is 6.52. The van der Waals surface area contributed by atoms with Gasteiger partial charge in [0.25, 0.3) is 0 Å². The molecular formula is C16H25N3OS. The molecule has 0 radical (unpaired) electrons. The van der Waals surface area contributed by atoms with Crippen LogP contribution in [0.25, 0.3) is 0 Å². The van der Waals surface area contributed by atoms with Gasteiger partial charge in [-0.15, -0.1) is 0 Å². The van der Waals surface area contributed by atoms with Crippen molar-refractivity contribution in [1.82, 2.24) is 9.80 Å². The maximum atomic E-state index is 5.83. The van der Waals surface area contributed by atoms with Crippen molar-refractivity contribution in [3.05, 3.63) is 29.8 Å². The van der Waals surface area contributed by atoms with E-state index in [0.29, 0.717) is 11.6 Å². The van der Waals surface area contributed by atoms with E-state index in [2.05, 4.69) is 16.7 Å². The summed E-state index contributed by atoms with van der Waals surface area (Å²) in [7, 11) is 0. The molecule has 2 rings (SSSR count). The van der Waals surface area contributed by atoms with Crippen molar-refractivity contribution in [3.8, 4) is 5.75 Å². The number of thiocarbonyl (C=S) groups is 1. The van der Waals surface area contributed by atoms with Crippen molar-refractivity contribution < 1.29 is 4.74 Å². The van der Waals surface area contributed by atoms with Gasteiger partial charge in [-0.05, 0) is 25.1 Å². The van der Waals surface area contributed by atoms with Gasteiger partial charge >= 0.3 is 0 Å². The van der Waals surface area contributed by atoms with Crippen molar-refractivity contribution in [1.29, 1.82) is 0 Å². The molecule has 1 saturated heterocycles. The number of hydrogen-bond donors (Lipinski definition) is 1. The highest BCUT2D eigenvalue weighted by atomic mass is 32.1. The van der Waals surface area contributed by atoms with Crippen molar-refractivity contribution >= 4 is 17.2 Å². The molecule has 5 heteroatoms. The first-order chi connectivity index (χ1) is 10.2. The van der Waals surface area contributed by atoms with Gasteiger partial charge in [0.2, 0.25) is 0 Å². The number of rotatable bonds is 7. The zero-order chi connectivity index (χ0) is 15.1. The van der Waals surface area contributed by atoms with Gasteiger partial charge in [0.15, 0.2) is 0 Å². The first-order valence-electron chi connectivity index (χ1n) is 7.67. The number of ether oxygens (including phenoxy) is 1. The Bertz CT molecular complexity index is 459. The van der Waals surface area contributed by atoms with Crippen LogP contribution >= 0.6 is 12.2 Å². The molecule has 0 unspecified atom stereocenters. The maximum Gasteiger partial charge on any atom is 0.129 e. The normalized spacial score (nSPS) is 16.8. The van der Waals surface area contributed by atoms with Gasteiger partial charge in [-0.25, -0.2) is 0 Å². The van der Waals surface area contributed by atoms with Crippen LogP contribution in [0.4, 0.5) is 0 Å². The number of benzene rings is 1. The second-order valence-electron chi connectivity index (χ2n) is 5.34. The Hall–Kier alpha value is -1.17. The highest BCUT2D eigenvalue weighted by molar-refractivity contribution is 7.80. The fraction of sp³-hybridized carbons (Fsp3) is 0.562.